The summed E-state index contributed by atoms with van der Waals surface area (Å²) in [6, 6.07) is 0. The van der Waals surface area contributed by atoms with E-state index in [4.69, 9.17) is 5.73 Å². The fourth-order valence-corrected chi connectivity index (χ4v) is 3.42. The van der Waals surface area contributed by atoms with Gasteiger partial charge in [0.05, 0.1) is 12.1 Å². The quantitative estimate of drug-likeness (QED) is 0.828. The first kappa shape index (κ1) is 18.3. The van der Waals surface area contributed by atoms with Crippen LogP contribution in [0.25, 0.3) is 5.65 Å². The van der Waals surface area contributed by atoms with E-state index in [0.717, 1.165) is 38.0 Å². The summed E-state index contributed by atoms with van der Waals surface area (Å²) in [5, 5.41) is 4.30. The number of nitrogens with zero attached hydrogens (tertiary/aromatic N) is 5. The van der Waals surface area contributed by atoms with Crippen molar-refractivity contribution in [3.8, 4) is 0 Å². The van der Waals surface area contributed by atoms with Crippen molar-refractivity contribution in [2.75, 3.05) is 26.2 Å². The molecule has 0 saturated carbocycles. The van der Waals surface area contributed by atoms with Gasteiger partial charge in [-0.25, -0.2) is 9.50 Å². The third kappa shape index (κ3) is 3.70. The Morgan fingerprint density at radius 2 is 2.08 bits per heavy atom. The van der Waals surface area contributed by atoms with Gasteiger partial charge < -0.3 is 10.6 Å². The lowest BCUT2D eigenvalue weighted by Crippen LogP contribution is -2.44. The Bertz CT molecular complexity index is 798. The predicted molar refractivity (Wildman–Crippen MR) is 97.4 cm³/mol. The molecule has 3 heterocycles. The molecule has 140 valence electrons. The third-order valence-corrected chi connectivity index (χ3v) is 5.05. The summed E-state index contributed by atoms with van der Waals surface area (Å²) < 4.78 is 1.65. The summed E-state index contributed by atoms with van der Waals surface area (Å²) >= 11 is 0. The van der Waals surface area contributed by atoms with Crippen molar-refractivity contribution in [1.82, 2.24) is 24.4 Å². The van der Waals surface area contributed by atoms with Crippen molar-refractivity contribution in [1.29, 1.82) is 0 Å². The first-order valence-corrected chi connectivity index (χ1v) is 9.16. The van der Waals surface area contributed by atoms with E-state index >= 15 is 0 Å². The van der Waals surface area contributed by atoms with Crippen LogP contribution in [0.5, 0.6) is 0 Å². The predicted octanol–water partition coefficient (Wildman–Crippen LogP) is 0.909. The Balaban J connectivity index is 1.80. The smallest absolute Gasteiger partial charge is 0.259 e. The van der Waals surface area contributed by atoms with Crippen LogP contribution in [0.15, 0.2) is 18.6 Å². The normalized spacial score (nSPS) is 17.8. The van der Waals surface area contributed by atoms with Gasteiger partial charge >= 0.3 is 0 Å². The standard InChI is InChI=1S/C18H26N6O2/c1-3-22(4-2)10-13-8-20-17-15(9-21-24(17)11-13)18(26)23-7-5-6-14(12-23)16(19)25/h8-9,11,14H,3-7,10,12H2,1-2H3,(H2,19,25)/t14-/m0/s1. The van der Waals surface area contributed by atoms with E-state index in [1.165, 1.54) is 0 Å². The fourth-order valence-electron chi connectivity index (χ4n) is 3.42. The Labute approximate surface area is 153 Å². The number of carbonyl (C=O) groups excluding carboxylic acids is 2. The molecule has 1 atom stereocenters. The maximum absolute atomic E-state index is 12.9. The second kappa shape index (κ2) is 7.82. The summed E-state index contributed by atoms with van der Waals surface area (Å²) in [5.41, 5.74) is 7.46. The molecular formula is C18H26N6O2. The molecule has 2 aromatic heterocycles. The zero-order chi connectivity index (χ0) is 18.7. The highest BCUT2D eigenvalue weighted by atomic mass is 16.2. The third-order valence-electron chi connectivity index (χ3n) is 5.05. The van der Waals surface area contributed by atoms with Crippen LogP contribution in [0.3, 0.4) is 0 Å². The molecule has 0 unspecified atom stereocenters. The number of rotatable bonds is 6. The average molecular weight is 358 g/mol. The Hall–Kier alpha value is -2.48. The van der Waals surface area contributed by atoms with E-state index < -0.39 is 0 Å². The van der Waals surface area contributed by atoms with Crippen molar-refractivity contribution < 1.29 is 9.59 Å². The van der Waals surface area contributed by atoms with Gasteiger partial charge in [0.2, 0.25) is 5.91 Å². The Kier molecular flexibility index (Phi) is 5.51. The molecule has 0 aliphatic carbocycles. The molecule has 8 nitrogen and oxygen atoms in total. The van der Waals surface area contributed by atoms with Gasteiger partial charge in [-0.3, -0.25) is 14.5 Å². The lowest BCUT2D eigenvalue weighted by atomic mass is 9.97. The van der Waals surface area contributed by atoms with Gasteiger partial charge in [0.1, 0.15) is 5.56 Å². The van der Waals surface area contributed by atoms with Crippen LogP contribution in [0.4, 0.5) is 0 Å². The number of amides is 2. The second-order valence-corrected chi connectivity index (χ2v) is 6.74. The minimum Gasteiger partial charge on any atom is -0.369 e. The first-order chi connectivity index (χ1) is 12.5. The van der Waals surface area contributed by atoms with Crippen LogP contribution in [-0.2, 0) is 11.3 Å². The van der Waals surface area contributed by atoms with Crippen LogP contribution in [-0.4, -0.2) is 62.4 Å². The van der Waals surface area contributed by atoms with Gasteiger partial charge in [-0.15, -0.1) is 0 Å². The van der Waals surface area contributed by atoms with E-state index in [0.29, 0.717) is 24.3 Å². The molecule has 0 radical (unpaired) electrons. The Morgan fingerprint density at radius 3 is 2.77 bits per heavy atom. The average Bonchev–Trinajstić information content (AvgIpc) is 3.08. The van der Waals surface area contributed by atoms with Gasteiger partial charge in [-0.2, -0.15) is 5.10 Å². The van der Waals surface area contributed by atoms with Crippen LogP contribution >= 0.6 is 0 Å². The van der Waals surface area contributed by atoms with E-state index in [9.17, 15) is 9.59 Å². The number of piperidine rings is 1. The van der Waals surface area contributed by atoms with Crippen LogP contribution in [0.1, 0.15) is 42.6 Å². The van der Waals surface area contributed by atoms with E-state index in [1.54, 1.807) is 21.8 Å². The number of aromatic nitrogens is 3. The molecule has 0 bridgehead atoms. The minimum absolute atomic E-state index is 0.144. The SMILES string of the molecule is CCN(CC)Cc1cnc2c(C(=O)N3CCC[C@H](C(N)=O)C3)cnn2c1. The molecule has 1 aliphatic heterocycles. The molecule has 3 rings (SSSR count). The van der Waals surface area contributed by atoms with Crippen molar-refractivity contribution in [2.24, 2.45) is 11.7 Å². The van der Waals surface area contributed by atoms with Crippen LogP contribution in [0.2, 0.25) is 0 Å². The maximum Gasteiger partial charge on any atom is 0.259 e. The molecule has 1 saturated heterocycles. The molecule has 0 spiro atoms. The first-order valence-electron chi connectivity index (χ1n) is 9.16. The highest BCUT2D eigenvalue weighted by molar-refractivity contribution is 5.99. The van der Waals surface area contributed by atoms with Crippen molar-refractivity contribution in [3.05, 3.63) is 29.7 Å². The number of hydrogen-bond acceptors (Lipinski definition) is 5. The maximum atomic E-state index is 12.9. The zero-order valence-corrected chi connectivity index (χ0v) is 15.4. The zero-order valence-electron chi connectivity index (χ0n) is 15.4. The summed E-state index contributed by atoms with van der Waals surface area (Å²) in [7, 11) is 0. The molecule has 8 heteroatoms. The number of primary amides is 1. The summed E-state index contributed by atoms with van der Waals surface area (Å²) in [6.07, 6.45) is 6.79. The van der Waals surface area contributed by atoms with Gasteiger partial charge in [0, 0.05) is 37.6 Å². The topological polar surface area (TPSA) is 96.8 Å². The number of carbonyl (C=O) groups is 2. The van der Waals surface area contributed by atoms with E-state index in [2.05, 4.69) is 28.8 Å². The molecule has 0 aromatic carbocycles. The molecule has 26 heavy (non-hydrogen) atoms. The van der Waals surface area contributed by atoms with Gasteiger partial charge in [0.15, 0.2) is 5.65 Å². The van der Waals surface area contributed by atoms with E-state index in [-0.39, 0.29) is 17.7 Å². The van der Waals surface area contributed by atoms with Crippen LogP contribution in [0, 0.1) is 5.92 Å². The van der Waals surface area contributed by atoms with Crippen molar-refractivity contribution in [3.63, 3.8) is 0 Å². The van der Waals surface area contributed by atoms with Crippen LogP contribution < -0.4 is 5.73 Å². The van der Waals surface area contributed by atoms with Gasteiger partial charge in [-0.05, 0) is 25.9 Å². The molecule has 1 fully saturated rings. The van der Waals surface area contributed by atoms with Crippen molar-refractivity contribution in [2.45, 2.75) is 33.2 Å². The second-order valence-electron chi connectivity index (χ2n) is 6.74. The number of hydrogen-bond donors (Lipinski definition) is 1. The lowest BCUT2D eigenvalue weighted by Gasteiger charge is -2.30. The summed E-state index contributed by atoms with van der Waals surface area (Å²) in [5.74, 6) is -0.764. The highest BCUT2D eigenvalue weighted by Gasteiger charge is 2.29. The molecule has 2 amide bonds. The molecule has 2 aromatic rings. The minimum atomic E-state index is -0.346. The summed E-state index contributed by atoms with van der Waals surface area (Å²) in [6.45, 7) is 7.97. The summed E-state index contributed by atoms with van der Waals surface area (Å²) in [4.78, 5) is 32.8. The monoisotopic (exact) mass is 358 g/mol. The van der Waals surface area contributed by atoms with Gasteiger partial charge in [0.25, 0.3) is 5.91 Å². The number of fused-ring (bicyclic) bond motifs is 1. The fraction of sp³-hybridized carbons (Fsp3) is 0.556. The molecule has 2 N–H and O–H groups in total. The van der Waals surface area contributed by atoms with Crippen molar-refractivity contribution >= 4 is 17.5 Å². The highest BCUT2D eigenvalue weighted by Crippen LogP contribution is 2.20. The molecule has 1 aliphatic rings. The lowest BCUT2D eigenvalue weighted by molar-refractivity contribution is -0.123. The van der Waals surface area contributed by atoms with E-state index in [1.807, 2.05) is 6.20 Å². The van der Waals surface area contributed by atoms with Gasteiger partial charge in [-0.1, -0.05) is 13.8 Å². The number of likely N-dealkylation sites (tertiary alicyclic amines) is 1. The molecular weight excluding hydrogens is 332 g/mol. The Morgan fingerprint density at radius 1 is 1.31 bits per heavy atom. The largest absolute Gasteiger partial charge is 0.369 e. The number of nitrogens with two attached hydrogens (primary N) is 1.